The summed E-state index contributed by atoms with van der Waals surface area (Å²) < 4.78 is 10.8. The summed E-state index contributed by atoms with van der Waals surface area (Å²) >= 11 is 0. The van der Waals surface area contributed by atoms with E-state index in [-0.39, 0.29) is 0 Å². The zero-order valence-electron chi connectivity index (χ0n) is 6.58. The van der Waals surface area contributed by atoms with Crippen molar-refractivity contribution in [2.45, 2.75) is 44.2 Å². The number of ether oxygens (including phenoxy) is 2. The van der Waals surface area contributed by atoms with Crippen molar-refractivity contribution in [3.8, 4) is 0 Å². The van der Waals surface area contributed by atoms with Crippen LogP contribution in [0.15, 0.2) is 0 Å². The molecule has 0 aromatic rings. The van der Waals surface area contributed by atoms with Crippen LogP contribution in [0.5, 0.6) is 0 Å². The molecule has 0 aromatic carbocycles. The minimum atomic E-state index is -0.590. The number of aliphatic hydroxyl groups is 1. The van der Waals surface area contributed by atoms with Gasteiger partial charge in [0.05, 0.1) is 6.61 Å². The van der Waals surface area contributed by atoms with E-state index in [1.165, 1.54) is 0 Å². The van der Waals surface area contributed by atoms with E-state index in [1.54, 1.807) is 0 Å². The van der Waals surface area contributed by atoms with Crippen LogP contribution in [0.3, 0.4) is 0 Å². The minimum Gasteiger partial charge on any atom is -0.368 e. The van der Waals surface area contributed by atoms with Gasteiger partial charge < -0.3 is 14.6 Å². The standard InChI is InChI=1S/C8H14O3/c9-7-3-5-8(11-7)4-1-2-6-10-8/h7,9H,1-6H2/t7-,8-/m0/s1. The van der Waals surface area contributed by atoms with Crippen molar-refractivity contribution in [3.05, 3.63) is 0 Å². The first-order valence-corrected chi connectivity index (χ1v) is 4.31. The molecule has 0 unspecified atom stereocenters. The van der Waals surface area contributed by atoms with Gasteiger partial charge in [-0.15, -0.1) is 0 Å². The molecule has 2 atom stereocenters. The third-order valence-electron chi connectivity index (χ3n) is 2.44. The Labute approximate surface area is 66.3 Å². The van der Waals surface area contributed by atoms with Crippen LogP contribution >= 0.6 is 0 Å². The quantitative estimate of drug-likeness (QED) is 0.572. The molecule has 0 radical (unpaired) electrons. The van der Waals surface area contributed by atoms with E-state index in [2.05, 4.69) is 0 Å². The Morgan fingerprint density at radius 3 is 2.73 bits per heavy atom. The lowest BCUT2D eigenvalue weighted by Gasteiger charge is -2.32. The summed E-state index contributed by atoms with van der Waals surface area (Å²) in [6.45, 7) is 0.784. The lowest BCUT2D eigenvalue weighted by atomic mass is 10.0. The van der Waals surface area contributed by atoms with Crippen LogP contribution in [-0.2, 0) is 9.47 Å². The zero-order chi connectivity index (χ0) is 7.73. The maximum atomic E-state index is 9.14. The van der Waals surface area contributed by atoms with Crippen LogP contribution in [0.25, 0.3) is 0 Å². The highest BCUT2D eigenvalue weighted by atomic mass is 16.7. The average molecular weight is 158 g/mol. The summed E-state index contributed by atoms with van der Waals surface area (Å²) in [5.41, 5.74) is 0. The van der Waals surface area contributed by atoms with Gasteiger partial charge in [0.1, 0.15) is 0 Å². The molecule has 2 aliphatic heterocycles. The topological polar surface area (TPSA) is 38.7 Å². The van der Waals surface area contributed by atoms with E-state index in [0.717, 1.165) is 38.7 Å². The van der Waals surface area contributed by atoms with Crippen molar-refractivity contribution >= 4 is 0 Å². The van der Waals surface area contributed by atoms with Crippen LogP contribution in [0.1, 0.15) is 32.1 Å². The van der Waals surface area contributed by atoms with E-state index >= 15 is 0 Å². The SMILES string of the molecule is O[C@@H]1CC[C@]2(CCCCO2)O1. The second-order valence-corrected chi connectivity index (χ2v) is 3.33. The maximum absolute atomic E-state index is 9.14. The largest absolute Gasteiger partial charge is 0.368 e. The summed E-state index contributed by atoms with van der Waals surface area (Å²) in [5, 5.41) is 9.14. The fraction of sp³-hybridized carbons (Fsp3) is 1.00. The Hall–Kier alpha value is -0.120. The third-order valence-corrected chi connectivity index (χ3v) is 2.44. The molecule has 64 valence electrons. The van der Waals surface area contributed by atoms with Crippen LogP contribution in [0.4, 0.5) is 0 Å². The Morgan fingerprint density at radius 2 is 2.18 bits per heavy atom. The maximum Gasteiger partial charge on any atom is 0.171 e. The van der Waals surface area contributed by atoms with Crippen molar-refractivity contribution < 1.29 is 14.6 Å². The first-order valence-electron chi connectivity index (χ1n) is 4.31. The van der Waals surface area contributed by atoms with Gasteiger partial charge in [-0.05, 0) is 12.8 Å². The van der Waals surface area contributed by atoms with Gasteiger partial charge in [-0.3, -0.25) is 0 Å². The first kappa shape index (κ1) is 7.53. The van der Waals surface area contributed by atoms with Crippen molar-refractivity contribution in [1.82, 2.24) is 0 Å². The predicted octanol–water partition coefficient (Wildman–Crippen LogP) is 1.01. The van der Waals surface area contributed by atoms with Crippen LogP contribution in [0.2, 0.25) is 0 Å². The minimum absolute atomic E-state index is 0.405. The summed E-state index contributed by atoms with van der Waals surface area (Å²) in [6, 6.07) is 0. The molecule has 1 N–H and O–H groups in total. The van der Waals surface area contributed by atoms with Crippen molar-refractivity contribution in [2.75, 3.05) is 6.61 Å². The molecule has 0 aliphatic carbocycles. The smallest absolute Gasteiger partial charge is 0.171 e. The highest BCUT2D eigenvalue weighted by Gasteiger charge is 2.41. The molecule has 1 spiro atoms. The lowest BCUT2D eigenvalue weighted by Crippen LogP contribution is -2.36. The molecule has 0 amide bonds. The summed E-state index contributed by atoms with van der Waals surface area (Å²) in [5.74, 6) is -0.405. The van der Waals surface area contributed by atoms with E-state index in [1.807, 2.05) is 0 Å². The first-order chi connectivity index (χ1) is 5.31. The summed E-state index contributed by atoms with van der Waals surface area (Å²) in [6.07, 6.45) is 4.22. The highest BCUT2D eigenvalue weighted by Crippen LogP contribution is 2.37. The molecule has 2 heterocycles. The van der Waals surface area contributed by atoms with Gasteiger partial charge in [-0.2, -0.15) is 0 Å². The second-order valence-electron chi connectivity index (χ2n) is 3.33. The van der Waals surface area contributed by atoms with Gasteiger partial charge in [0.25, 0.3) is 0 Å². The van der Waals surface area contributed by atoms with Gasteiger partial charge >= 0.3 is 0 Å². The molecule has 0 aromatic heterocycles. The molecule has 3 nitrogen and oxygen atoms in total. The molecule has 2 fully saturated rings. The number of hydrogen-bond acceptors (Lipinski definition) is 3. The van der Waals surface area contributed by atoms with Gasteiger partial charge in [-0.25, -0.2) is 0 Å². The van der Waals surface area contributed by atoms with Crippen LogP contribution in [-0.4, -0.2) is 23.8 Å². The van der Waals surface area contributed by atoms with Crippen molar-refractivity contribution in [3.63, 3.8) is 0 Å². The fourth-order valence-corrected chi connectivity index (χ4v) is 1.83. The lowest BCUT2D eigenvalue weighted by molar-refractivity contribution is -0.274. The second kappa shape index (κ2) is 2.73. The summed E-state index contributed by atoms with van der Waals surface area (Å²) in [4.78, 5) is 0. The Kier molecular flexibility index (Phi) is 1.87. The van der Waals surface area contributed by atoms with Crippen molar-refractivity contribution in [1.29, 1.82) is 0 Å². The highest BCUT2D eigenvalue weighted by molar-refractivity contribution is 4.79. The normalized spacial score (nSPS) is 45.0. The van der Waals surface area contributed by atoms with E-state index < -0.39 is 12.1 Å². The fourth-order valence-electron chi connectivity index (χ4n) is 1.83. The molecule has 0 bridgehead atoms. The Balaban J connectivity index is 1.98. The van der Waals surface area contributed by atoms with Gasteiger partial charge in [0.15, 0.2) is 12.1 Å². The molecule has 2 saturated heterocycles. The van der Waals surface area contributed by atoms with E-state index in [4.69, 9.17) is 14.6 Å². The predicted molar refractivity (Wildman–Crippen MR) is 38.9 cm³/mol. The molecule has 0 saturated carbocycles. The third kappa shape index (κ3) is 1.41. The monoisotopic (exact) mass is 158 g/mol. The molecule has 2 rings (SSSR count). The Bertz CT molecular complexity index is 135. The van der Waals surface area contributed by atoms with Gasteiger partial charge in [0.2, 0.25) is 0 Å². The molecule has 11 heavy (non-hydrogen) atoms. The zero-order valence-corrected chi connectivity index (χ0v) is 6.58. The van der Waals surface area contributed by atoms with Gasteiger partial charge in [-0.1, -0.05) is 0 Å². The van der Waals surface area contributed by atoms with Crippen LogP contribution < -0.4 is 0 Å². The van der Waals surface area contributed by atoms with Gasteiger partial charge in [0, 0.05) is 19.3 Å². The number of hydrogen-bond donors (Lipinski definition) is 1. The molecule has 3 heteroatoms. The van der Waals surface area contributed by atoms with E-state index in [0.29, 0.717) is 0 Å². The average Bonchev–Trinajstić information content (AvgIpc) is 2.34. The van der Waals surface area contributed by atoms with Crippen LogP contribution in [0, 0.1) is 0 Å². The molecular weight excluding hydrogens is 144 g/mol. The van der Waals surface area contributed by atoms with Crippen molar-refractivity contribution in [2.24, 2.45) is 0 Å². The number of rotatable bonds is 0. The summed E-state index contributed by atoms with van der Waals surface area (Å²) in [7, 11) is 0. The van der Waals surface area contributed by atoms with E-state index in [9.17, 15) is 0 Å². The number of aliphatic hydroxyl groups excluding tert-OH is 1. The molecule has 2 aliphatic rings. The molecular formula is C8H14O3. The Morgan fingerprint density at radius 1 is 1.27 bits per heavy atom.